The fraction of sp³-hybridized carbons (Fsp3) is 0.458. The van der Waals surface area contributed by atoms with E-state index >= 15 is 0 Å². The van der Waals surface area contributed by atoms with E-state index in [0.717, 1.165) is 12.4 Å². The van der Waals surface area contributed by atoms with Gasteiger partial charge < -0.3 is 10.2 Å². The number of nitrogens with one attached hydrogen (secondary N) is 1. The van der Waals surface area contributed by atoms with Gasteiger partial charge in [-0.2, -0.15) is 0 Å². The molecule has 5 rings (SSSR count). The molecular formula is C24H29N3. The number of hydrogen-bond donors (Lipinski definition) is 1. The first-order valence-electron chi connectivity index (χ1n) is 10.5. The van der Waals surface area contributed by atoms with E-state index in [9.17, 15) is 0 Å². The van der Waals surface area contributed by atoms with Crippen LogP contribution in [0.4, 0.5) is 17.1 Å². The lowest BCUT2D eigenvalue weighted by Gasteiger charge is -2.46. The van der Waals surface area contributed by atoms with E-state index in [1.165, 1.54) is 67.6 Å². The van der Waals surface area contributed by atoms with Crippen LogP contribution in [0, 0.1) is 12.8 Å². The highest BCUT2D eigenvalue weighted by Gasteiger charge is 2.50. The minimum atomic E-state index is 0.234. The predicted molar refractivity (Wildman–Crippen MR) is 114 cm³/mol. The summed E-state index contributed by atoms with van der Waals surface area (Å²) in [6.07, 6.45) is 9.04. The number of hydrogen-bond acceptors (Lipinski definition) is 3. The first-order valence-corrected chi connectivity index (χ1v) is 10.5. The number of para-hydroxylation sites is 3. The lowest BCUT2D eigenvalue weighted by Crippen LogP contribution is -2.54. The van der Waals surface area contributed by atoms with Crippen molar-refractivity contribution in [2.45, 2.75) is 57.4 Å². The summed E-state index contributed by atoms with van der Waals surface area (Å²) in [7, 11) is 0. The predicted octanol–water partition coefficient (Wildman–Crippen LogP) is 6.07. The molecule has 1 unspecified atom stereocenters. The van der Waals surface area contributed by atoms with Crippen LogP contribution < -0.4 is 10.2 Å². The van der Waals surface area contributed by atoms with E-state index in [2.05, 4.69) is 65.7 Å². The average Bonchev–Trinajstić information content (AvgIpc) is 3.33. The second-order valence-corrected chi connectivity index (χ2v) is 8.43. The molecule has 1 aliphatic heterocycles. The number of benzene rings is 2. The van der Waals surface area contributed by atoms with Crippen molar-refractivity contribution in [2.75, 3.05) is 16.9 Å². The minimum absolute atomic E-state index is 0.234. The molecule has 0 saturated heterocycles. The molecule has 2 aromatic rings. The molecule has 0 radical (unpaired) electrons. The zero-order chi connectivity index (χ0) is 18.3. The van der Waals surface area contributed by atoms with Crippen molar-refractivity contribution in [3.8, 4) is 0 Å². The van der Waals surface area contributed by atoms with E-state index in [-0.39, 0.29) is 5.54 Å². The quantitative estimate of drug-likeness (QED) is 0.720. The first kappa shape index (κ1) is 16.9. The van der Waals surface area contributed by atoms with E-state index in [0.29, 0.717) is 5.92 Å². The molecule has 2 aromatic carbocycles. The Balaban J connectivity index is 1.57. The molecular weight excluding hydrogens is 330 g/mol. The van der Waals surface area contributed by atoms with Crippen molar-refractivity contribution in [2.24, 2.45) is 10.9 Å². The number of fused-ring (bicyclic) bond motifs is 3. The Bertz CT molecular complexity index is 863. The van der Waals surface area contributed by atoms with Crippen molar-refractivity contribution in [1.29, 1.82) is 0 Å². The summed E-state index contributed by atoms with van der Waals surface area (Å²) in [5.74, 6) is 0.617. The largest absolute Gasteiger partial charge is 0.368 e. The number of anilines is 2. The molecule has 1 heterocycles. The Hall–Kier alpha value is -2.29. The minimum Gasteiger partial charge on any atom is -0.368 e. The van der Waals surface area contributed by atoms with E-state index in [1.54, 1.807) is 0 Å². The third-order valence-electron chi connectivity index (χ3n) is 6.99. The van der Waals surface area contributed by atoms with Gasteiger partial charge in [-0.3, -0.25) is 4.99 Å². The molecule has 27 heavy (non-hydrogen) atoms. The van der Waals surface area contributed by atoms with Gasteiger partial charge in [-0.25, -0.2) is 0 Å². The van der Waals surface area contributed by atoms with Crippen LogP contribution >= 0.6 is 0 Å². The molecule has 1 N–H and O–H groups in total. The van der Waals surface area contributed by atoms with Gasteiger partial charge in [0.25, 0.3) is 0 Å². The van der Waals surface area contributed by atoms with E-state index in [1.807, 2.05) is 0 Å². The normalized spacial score (nSPS) is 22.9. The van der Waals surface area contributed by atoms with Gasteiger partial charge in [0.15, 0.2) is 0 Å². The fourth-order valence-electron chi connectivity index (χ4n) is 5.69. The van der Waals surface area contributed by atoms with Gasteiger partial charge in [-0.15, -0.1) is 0 Å². The number of rotatable bonds is 3. The second-order valence-electron chi connectivity index (χ2n) is 8.43. The fourth-order valence-corrected chi connectivity index (χ4v) is 5.69. The number of aryl methyl sites for hydroxylation is 1. The zero-order valence-corrected chi connectivity index (χ0v) is 16.2. The molecule has 1 atom stereocenters. The van der Waals surface area contributed by atoms with Crippen LogP contribution in [-0.2, 0) is 0 Å². The second kappa shape index (κ2) is 6.70. The van der Waals surface area contributed by atoms with Gasteiger partial charge in [-0.05, 0) is 62.8 Å². The highest BCUT2D eigenvalue weighted by Crippen LogP contribution is 2.52. The molecule has 140 valence electrons. The maximum atomic E-state index is 5.19. The van der Waals surface area contributed by atoms with E-state index in [4.69, 9.17) is 4.99 Å². The summed E-state index contributed by atoms with van der Waals surface area (Å²) in [6.45, 7) is 3.03. The summed E-state index contributed by atoms with van der Waals surface area (Å²) in [5.41, 5.74) is 6.70. The van der Waals surface area contributed by atoms with Crippen LogP contribution in [-0.4, -0.2) is 17.9 Å². The molecule has 3 heteroatoms. The van der Waals surface area contributed by atoms with Crippen molar-refractivity contribution in [3.05, 3.63) is 54.1 Å². The maximum absolute atomic E-state index is 5.19. The van der Waals surface area contributed by atoms with Crippen LogP contribution in [0.15, 0.2) is 53.5 Å². The van der Waals surface area contributed by atoms with E-state index < -0.39 is 0 Å². The topological polar surface area (TPSA) is 27.6 Å². The zero-order valence-electron chi connectivity index (χ0n) is 16.2. The number of aliphatic imine (C=N–C) groups is 1. The summed E-state index contributed by atoms with van der Waals surface area (Å²) < 4.78 is 0. The third-order valence-corrected chi connectivity index (χ3v) is 6.99. The first-order chi connectivity index (χ1) is 13.3. The van der Waals surface area contributed by atoms with Gasteiger partial charge in [0, 0.05) is 17.3 Å². The maximum Gasteiger partial charge on any atom is 0.0883 e. The van der Waals surface area contributed by atoms with Crippen LogP contribution in [0.3, 0.4) is 0 Å². The summed E-state index contributed by atoms with van der Waals surface area (Å²) in [5, 5.41) is 3.76. The third kappa shape index (κ3) is 2.75. The molecule has 0 aromatic heterocycles. The van der Waals surface area contributed by atoms with Gasteiger partial charge in [0.1, 0.15) is 0 Å². The average molecular weight is 360 g/mol. The Kier molecular flexibility index (Phi) is 4.18. The van der Waals surface area contributed by atoms with Crippen LogP contribution in [0.5, 0.6) is 0 Å². The van der Waals surface area contributed by atoms with Gasteiger partial charge in [0.2, 0.25) is 0 Å². The Morgan fingerprint density at radius 1 is 1.04 bits per heavy atom. The molecule has 0 bridgehead atoms. The highest BCUT2D eigenvalue weighted by atomic mass is 15.3. The Labute approximate surface area is 162 Å². The molecule has 2 saturated carbocycles. The molecule has 3 nitrogen and oxygen atoms in total. The lowest BCUT2D eigenvalue weighted by atomic mass is 9.78. The summed E-state index contributed by atoms with van der Waals surface area (Å²) >= 11 is 0. The van der Waals surface area contributed by atoms with Crippen molar-refractivity contribution in [3.63, 3.8) is 0 Å². The summed E-state index contributed by atoms with van der Waals surface area (Å²) in [4.78, 5) is 7.88. The summed E-state index contributed by atoms with van der Waals surface area (Å²) in [6, 6.07) is 17.4. The number of nitrogens with zero attached hydrogens (tertiary/aromatic N) is 2. The molecule has 0 amide bonds. The molecule has 2 fully saturated rings. The van der Waals surface area contributed by atoms with Gasteiger partial charge in [0.05, 0.1) is 23.6 Å². The lowest BCUT2D eigenvalue weighted by molar-refractivity contribution is 0.318. The molecule has 1 spiro atoms. The highest BCUT2D eigenvalue weighted by molar-refractivity contribution is 5.95. The van der Waals surface area contributed by atoms with Gasteiger partial charge in [-0.1, -0.05) is 43.2 Å². The van der Waals surface area contributed by atoms with Crippen LogP contribution in [0.2, 0.25) is 0 Å². The van der Waals surface area contributed by atoms with Crippen LogP contribution in [0.25, 0.3) is 0 Å². The van der Waals surface area contributed by atoms with Crippen molar-refractivity contribution < 1.29 is 0 Å². The van der Waals surface area contributed by atoms with Crippen LogP contribution in [0.1, 0.15) is 50.5 Å². The SMILES string of the molecule is Cc1ccccc1NCN1c2ccccc2N=C2CCCC2C12CCCC2. The van der Waals surface area contributed by atoms with Crippen molar-refractivity contribution >= 4 is 22.8 Å². The smallest absolute Gasteiger partial charge is 0.0883 e. The standard InChI is InChI=1S/C24H29N3/c1-18-9-2-3-11-20(18)25-17-27-23-14-5-4-12-22(23)26-21-13-8-10-19(21)24(27)15-6-7-16-24/h2-5,9,11-12,14,19,25H,6-8,10,13,15-17H2,1H3. The molecule has 2 aliphatic carbocycles. The van der Waals surface area contributed by atoms with Crippen molar-refractivity contribution in [1.82, 2.24) is 0 Å². The Morgan fingerprint density at radius 2 is 1.81 bits per heavy atom. The molecule has 3 aliphatic rings. The monoisotopic (exact) mass is 359 g/mol. The Morgan fingerprint density at radius 3 is 2.67 bits per heavy atom. The van der Waals surface area contributed by atoms with Gasteiger partial charge >= 0.3 is 0 Å².